The number of aliphatic carboxylic acids is 1. The van der Waals surface area contributed by atoms with Crippen molar-refractivity contribution in [2.45, 2.75) is 46.6 Å². The molecule has 0 aliphatic carbocycles. The fourth-order valence-electron chi connectivity index (χ4n) is 2.17. The largest absolute Gasteiger partial charge is 0.481 e. The molecular weight excluding hydrogens is 302 g/mol. The van der Waals surface area contributed by atoms with Crippen LogP contribution in [-0.2, 0) is 16.0 Å². The van der Waals surface area contributed by atoms with Crippen molar-refractivity contribution in [2.24, 2.45) is 11.3 Å². The zero-order valence-corrected chi connectivity index (χ0v) is 14.6. The van der Waals surface area contributed by atoms with Crippen LogP contribution in [0.3, 0.4) is 0 Å². The molecule has 124 valence electrons. The van der Waals surface area contributed by atoms with E-state index in [1.165, 1.54) is 11.3 Å². The standard InChI is InChI=1S/C16H25NO4S/c1-11(2)16(13(18)19,8-12-6-7-22-9-12)10-17-14(20)21-15(3,4)5/h6-7,9,11H,8,10H2,1-5H3,(H,17,20)(H,18,19). The first kappa shape index (κ1) is 18.5. The molecule has 1 aromatic rings. The Labute approximate surface area is 135 Å². The third kappa shape index (κ3) is 5.02. The highest BCUT2D eigenvalue weighted by atomic mass is 32.1. The lowest BCUT2D eigenvalue weighted by Crippen LogP contribution is -2.49. The molecule has 6 heteroatoms. The second-order valence-electron chi connectivity index (χ2n) is 6.78. The Kier molecular flexibility index (Phi) is 6.00. The number of nitrogens with one attached hydrogen (secondary N) is 1. The molecule has 0 fully saturated rings. The van der Waals surface area contributed by atoms with Crippen molar-refractivity contribution in [3.63, 3.8) is 0 Å². The van der Waals surface area contributed by atoms with E-state index in [4.69, 9.17) is 4.74 Å². The van der Waals surface area contributed by atoms with Gasteiger partial charge in [0.2, 0.25) is 0 Å². The molecule has 0 saturated heterocycles. The van der Waals surface area contributed by atoms with Gasteiger partial charge in [-0.2, -0.15) is 11.3 Å². The van der Waals surface area contributed by atoms with Gasteiger partial charge in [-0.05, 0) is 55.5 Å². The van der Waals surface area contributed by atoms with Crippen LogP contribution in [-0.4, -0.2) is 29.3 Å². The number of hydrogen-bond donors (Lipinski definition) is 2. The fourth-order valence-corrected chi connectivity index (χ4v) is 2.84. The van der Waals surface area contributed by atoms with Gasteiger partial charge in [-0.25, -0.2) is 4.79 Å². The molecule has 0 spiro atoms. The van der Waals surface area contributed by atoms with E-state index in [9.17, 15) is 14.7 Å². The van der Waals surface area contributed by atoms with Crippen molar-refractivity contribution in [1.82, 2.24) is 5.32 Å². The fraction of sp³-hybridized carbons (Fsp3) is 0.625. The molecule has 0 saturated carbocycles. The molecule has 1 atom stereocenters. The molecule has 1 heterocycles. The molecule has 1 aromatic heterocycles. The van der Waals surface area contributed by atoms with E-state index in [0.717, 1.165) is 5.56 Å². The van der Waals surface area contributed by atoms with Crippen molar-refractivity contribution in [2.75, 3.05) is 6.54 Å². The van der Waals surface area contributed by atoms with Gasteiger partial charge in [0.1, 0.15) is 5.60 Å². The highest BCUT2D eigenvalue weighted by molar-refractivity contribution is 7.07. The maximum absolute atomic E-state index is 11.9. The van der Waals surface area contributed by atoms with Gasteiger partial charge in [0, 0.05) is 6.54 Å². The minimum Gasteiger partial charge on any atom is -0.481 e. The minimum absolute atomic E-state index is 0.0325. The highest BCUT2D eigenvalue weighted by Gasteiger charge is 2.42. The van der Waals surface area contributed by atoms with Crippen molar-refractivity contribution < 1.29 is 19.4 Å². The maximum atomic E-state index is 11.9. The number of carbonyl (C=O) groups is 2. The summed E-state index contributed by atoms with van der Waals surface area (Å²) in [6.07, 6.45) is -0.219. The number of thiophene rings is 1. The van der Waals surface area contributed by atoms with Crippen LogP contribution in [0.4, 0.5) is 4.79 Å². The molecule has 1 amide bonds. The Morgan fingerprint density at radius 3 is 2.41 bits per heavy atom. The predicted octanol–water partition coefficient (Wildman–Crippen LogP) is 3.54. The number of amides is 1. The molecule has 0 aliphatic rings. The van der Waals surface area contributed by atoms with E-state index < -0.39 is 23.1 Å². The summed E-state index contributed by atoms with van der Waals surface area (Å²) in [4.78, 5) is 23.7. The number of carbonyl (C=O) groups excluding carboxylic acids is 1. The zero-order chi connectivity index (χ0) is 17.0. The smallest absolute Gasteiger partial charge is 0.407 e. The van der Waals surface area contributed by atoms with E-state index in [-0.39, 0.29) is 12.5 Å². The molecule has 1 rings (SSSR count). The Bertz CT molecular complexity index is 505. The van der Waals surface area contributed by atoms with Gasteiger partial charge in [-0.3, -0.25) is 4.79 Å². The molecule has 0 aliphatic heterocycles. The van der Waals surface area contributed by atoms with Gasteiger partial charge in [0.25, 0.3) is 0 Å². The van der Waals surface area contributed by atoms with Crippen LogP contribution in [0.5, 0.6) is 0 Å². The van der Waals surface area contributed by atoms with E-state index in [1.807, 2.05) is 30.7 Å². The first-order valence-electron chi connectivity index (χ1n) is 7.28. The van der Waals surface area contributed by atoms with Gasteiger partial charge < -0.3 is 15.2 Å². The van der Waals surface area contributed by atoms with Crippen LogP contribution >= 0.6 is 11.3 Å². The summed E-state index contributed by atoms with van der Waals surface area (Å²) in [5, 5.41) is 16.2. The third-order valence-corrected chi connectivity index (χ3v) is 4.31. The average molecular weight is 327 g/mol. The first-order valence-corrected chi connectivity index (χ1v) is 8.22. The minimum atomic E-state index is -1.06. The van der Waals surface area contributed by atoms with Gasteiger partial charge in [0.15, 0.2) is 0 Å². The number of carboxylic acids is 1. The topological polar surface area (TPSA) is 75.6 Å². The first-order chi connectivity index (χ1) is 10.1. The molecule has 0 radical (unpaired) electrons. The van der Waals surface area contributed by atoms with Gasteiger partial charge in [-0.1, -0.05) is 13.8 Å². The van der Waals surface area contributed by atoms with E-state index in [2.05, 4.69) is 5.32 Å². The van der Waals surface area contributed by atoms with Crippen molar-refractivity contribution in [3.05, 3.63) is 22.4 Å². The molecule has 5 nitrogen and oxygen atoms in total. The quantitative estimate of drug-likeness (QED) is 0.838. The summed E-state index contributed by atoms with van der Waals surface area (Å²) in [5.74, 6) is -1.05. The lowest BCUT2D eigenvalue weighted by molar-refractivity contribution is -0.151. The maximum Gasteiger partial charge on any atom is 0.407 e. The van der Waals surface area contributed by atoms with Crippen molar-refractivity contribution >= 4 is 23.4 Å². The number of hydrogen-bond acceptors (Lipinski definition) is 4. The summed E-state index contributed by atoms with van der Waals surface area (Å²) < 4.78 is 5.19. The van der Waals surface area contributed by atoms with Crippen LogP contribution < -0.4 is 5.32 Å². The van der Waals surface area contributed by atoms with E-state index in [1.54, 1.807) is 20.8 Å². The van der Waals surface area contributed by atoms with Crippen molar-refractivity contribution in [3.8, 4) is 0 Å². The molecule has 0 aromatic carbocycles. The molecule has 22 heavy (non-hydrogen) atoms. The zero-order valence-electron chi connectivity index (χ0n) is 13.8. The average Bonchev–Trinajstić information content (AvgIpc) is 2.84. The van der Waals surface area contributed by atoms with Crippen LogP contribution in [0.25, 0.3) is 0 Å². The highest BCUT2D eigenvalue weighted by Crippen LogP contribution is 2.32. The van der Waals surface area contributed by atoms with Gasteiger partial charge >= 0.3 is 12.1 Å². The van der Waals surface area contributed by atoms with Crippen LogP contribution in [0.15, 0.2) is 16.8 Å². The monoisotopic (exact) mass is 327 g/mol. The number of carboxylic acid groups (broad SMARTS) is 1. The summed E-state index contributed by atoms with van der Waals surface area (Å²) in [6, 6.07) is 1.91. The molecule has 2 N–H and O–H groups in total. The van der Waals surface area contributed by atoms with E-state index >= 15 is 0 Å². The summed E-state index contributed by atoms with van der Waals surface area (Å²) in [5.41, 5.74) is -0.703. The lowest BCUT2D eigenvalue weighted by atomic mass is 9.73. The Balaban J connectivity index is 2.87. The molecule has 0 bridgehead atoms. The SMILES string of the molecule is CC(C)C(CNC(=O)OC(C)(C)C)(Cc1ccsc1)C(=O)O. The van der Waals surface area contributed by atoms with Crippen molar-refractivity contribution in [1.29, 1.82) is 0 Å². The van der Waals surface area contributed by atoms with Crippen LogP contribution in [0.2, 0.25) is 0 Å². The van der Waals surface area contributed by atoms with E-state index in [0.29, 0.717) is 6.42 Å². The van der Waals surface area contributed by atoms with Crippen LogP contribution in [0, 0.1) is 11.3 Å². The Morgan fingerprint density at radius 1 is 1.36 bits per heavy atom. The number of ether oxygens (including phenoxy) is 1. The molecule has 1 unspecified atom stereocenters. The molecular formula is C16H25NO4S. The predicted molar refractivity (Wildman–Crippen MR) is 87.2 cm³/mol. The lowest BCUT2D eigenvalue weighted by Gasteiger charge is -2.33. The Morgan fingerprint density at radius 2 is 2.00 bits per heavy atom. The number of rotatable bonds is 6. The summed E-state index contributed by atoms with van der Waals surface area (Å²) in [6.45, 7) is 9.06. The summed E-state index contributed by atoms with van der Waals surface area (Å²) in [7, 11) is 0. The normalized spacial score (nSPS) is 14.5. The Hall–Kier alpha value is -1.56. The van der Waals surface area contributed by atoms with Crippen LogP contribution in [0.1, 0.15) is 40.2 Å². The second-order valence-corrected chi connectivity index (χ2v) is 7.56. The number of alkyl carbamates (subject to hydrolysis) is 1. The third-order valence-electron chi connectivity index (χ3n) is 3.58. The second kappa shape index (κ2) is 7.13. The van der Waals surface area contributed by atoms with Gasteiger partial charge in [0.05, 0.1) is 5.41 Å². The summed E-state index contributed by atoms with van der Waals surface area (Å²) >= 11 is 1.53. The van der Waals surface area contributed by atoms with Gasteiger partial charge in [-0.15, -0.1) is 0 Å².